The maximum absolute atomic E-state index is 12.9. The Hall–Kier alpha value is -2.66. The van der Waals surface area contributed by atoms with Crippen LogP contribution in [0.25, 0.3) is 0 Å². The summed E-state index contributed by atoms with van der Waals surface area (Å²) in [7, 11) is 0. The Kier molecular flexibility index (Phi) is 3.88. The molecule has 1 aliphatic rings. The van der Waals surface area contributed by atoms with Gasteiger partial charge in [-0.05, 0) is 43.3 Å². The largest absolute Gasteiger partial charge is 0.350 e. The van der Waals surface area contributed by atoms with Crippen molar-refractivity contribution in [2.75, 3.05) is 10.2 Å². The van der Waals surface area contributed by atoms with Crippen molar-refractivity contribution in [1.29, 1.82) is 0 Å². The second-order valence-electron chi connectivity index (χ2n) is 5.10. The van der Waals surface area contributed by atoms with Gasteiger partial charge < -0.3 is 5.32 Å². The van der Waals surface area contributed by atoms with Gasteiger partial charge in [0.2, 0.25) is 0 Å². The fourth-order valence-electron chi connectivity index (χ4n) is 2.22. The maximum Gasteiger partial charge on any atom is 0.283 e. The first kappa shape index (κ1) is 15.2. The molecule has 0 radical (unpaired) electrons. The van der Waals surface area contributed by atoms with Gasteiger partial charge in [-0.1, -0.05) is 29.3 Å². The molecule has 0 spiro atoms. The molecule has 0 aliphatic carbocycles. The molecule has 1 N–H and O–H groups in total. The summed E-state index contributed by atoms with van der Waals surface area (Å²) in [4.78, 5) is 25.8. The molecule has 3 rings (SSSR count). The van der Waals surface area contributed by atoms with Crippen LogP contribution in [0.4, 0.5) is 15.8 Å². The standard InChI is InChI=1S/C17H12ClFN2O2/c1-10-2-8-13(9-3-10)21-16(22)14(18)15(17(21)23)20-12-6-4-11(19)5-7-12/h2-9,20H,1H3. The number of carbonyl (C=O) groups is 2. The van der Waals surface area contributed by atoms with E-state index in [2.05, 4.69) is 5.32 Å². The Morgan fingerprint density at radius 3 is 2.17 bits per heavy atom. The second-order valence-corrected chi connectivity index (χ2v) is 5.48. The summed E-state index contributed by atoms with van der Waals surface area (Å²) in [5, 5.41) is 2.58. The van der Waals surface area contributed by atoms with Crippen molar-refractivity contribution in [2.24, 2.45) is 0 Å². The number of nitrogens with zero attached hydrogens (tertiary/aromatic N) is 1. The fourth-order valence-corrected chi connectivity index (χ4v) is 2.43. The molecule has 23 heavy (non-hydrogen) atoms. The molecule has 0 bridgehead atoms. The number of rotatable bonds is 3. The Bertz CT molecular complexity index is 813. The van der Waals surface area contributed by atoms with E-state index in [0.717, 1.165) is 10.5 Å². The lowest BCUT2D eigenvalue weighted by molar-refractivity contribution is -0.120. The molecule has 2 aromatic rings. The minimum absolute atomic E-state index is 0.0242. The average Bonchev–Trinajstić information content (AvgIpc) is 2.74. The minimum Gasteiger partial charge on any atom is -0.350 e. The summed E-state index contributed by atoms with van der Waals surface area (Å²) in [5.74, 6) is -1.54. The number of aryl methyl sites for hydroxylation is 1. The van der Waals surface area contributed by atoms with E-state index < -0.39 is 17.6 Å². The lowest BCUT2D eigenvalue weighted by Gasteiger charge is -2.15. The summed E-state index contributed by atoms with van der Waals surface area (Å²) in [6.45, 7) is 1.91. The summed E-state index contributed by atoms with van der Waals surface area (Å²) < 4.78 is 12.9. The van der Waals surface area contributed by atoms with E-state index in [1.807, 2.05) is 6.92 Å². The predicted molar refractivity (Wildman–Crippen MR) is 86.6 cm³/mol. The van der Waals surface area contributed by atoms with Crippen LogP contribution in [0.15, 0.2) is 59.3 Å². The normalized spacial score (nSPS) is 14.7. The third-order valence-corrected chi connectivity index (χ3v) is 3.78. The molecule has 2 amide bonds. The van der Waals surface area contributed by atoms with Crippen molar-refractivity contribution in [1.82, 2.24) is 0 Å². The van der Waals surface area contributed by atoms with E-state index in [4.69, 9.17) is 11.6 Å². The Morgan fingerprint density at radius 1 is 0.957 bits per heavy atom. The van der Waals surface area contributed by atoms with Crippen molar-refractivity contribution in [3.63, 3.8) is 0 Å². The molecule has 1 heterocycles. The van der Waals surface area contributed by atoms with Crippen LogP contribution in [0, 0.1) is 12.7 Å². The number of nitrogens with one attached hydrogen (secondary N) is 1. The zero-order chi connectivity index (χ0) is 16.6. The van der Waals surface area contributed by atoms with Gasteiger partial charge in [0.1, 0.15) is 16.5 Å². The third kappa shape index (κ3) is 2.83. The first-order valence-electron chi connectivity index (χ1n) is 6.85. The number of anilines is 2. The molecule has 0 atom stereocenters. The molecule has 6 heteroatoms. The van der Waals surface area contributed by atoms with E-state index in [9.17, 15) is 14.0 Å². The number of amides is 2. The van der Waals surface area contributed by atoms with Gasteiger partial charge in [-0.25, -0.2) is 9.29 Å². The van der Waals surface area contributed by atoms with Crippen LogP contribution >= 0.6 is 11.6 Å². The molecule has 0 fully saturated rings. The number of carbonyl (C=O) groups excluding carboxylic acids is 2. The number of imide groups is 1. The molecule has 116 valence electrons. The maximum atomic E-state index is 12.9. The van der Waals surface area contributed by atoms with Gasteiger partial charge in [0.05, 0.1) is 5.69 Å². The summed E-state index contributed by atoms with van der Waals surface area (Å²) >= 11 is 6.01. The highest BCUT2D eigenvalue weighted by Crippen LogP contribution is 2.30. The van der Waals surface area contributed by atoms with Gasteiger partial charge in [0.15, 0.2) is 0 Å². The molecule has 4 nitrogen and oxygen atoms in total. The second kappa shape index (κ2) is 5.85. The van der Waals surface area contributed by atoms with Crippen LogP contribution in [0.1, 0.15) is 5.56 Å². The first-order valence-corrected chi connectivity index (χ1v) is 7.23. The summed E-state index contributed by atoms with van der Waals surface area (Å²) in [6, 6.07) is 12.4. The Morgan fingerprint density at radius 2 is 1.57 bits per heavy atom. The van der Waals surface area contributed by atoms with Gasteiger partial charge in [0.25, 0.3) is 11.8 Å². The number of halogens is 2. The molecule has 0 unspecified atom stereocenters. The van der Waals surface area contributed by atoms with Crippen molar-refractivity contribution in [2.45, 2.75) is 6.92 Å². The fraction of sp³-hybridized carbons (Fsp3) is 0.0588. The third-order valence-electron chi connectivity index (χ3n) is 3.43. The molecule has 0 saturated carbocycles. The number of hydrogen-bond acceptors (Lipinski definition) is 3. The van der Waals surface area contributed by atoms with Crippen LogP contribution in [-0.4, -0.2) is 11.8 Å². The van der Waals surface area contributed by atoms with E-state index in [0.29, 0.717) is 11.4 Å². The van der Waals surface area contributed by atoms with Crippen LogP contribution < -0.4 is 10.2 Å². The van der Waals surface area contributed by atoms with Gasteiger partial charge in [0, 0.05) is 5.69 Å². The molecule has 0 saturated heterocycles. The zero-order valence-corrected chi connectivity index (χ0v) is 12.9. The molecule has 2 aromatic carbocycles. The molecule has 1 aliphatic heterocycles. The monoisotopic (exact) mass is 330 g/mol. The number of benzene rings is 2. The topological polar surface area (TPSA) is 49.4 Å². The lowest BCUT2D eigenvalue weighted by atomic mass is 10.2. The summed E-state index contributed by atoms with van der Waals surface area (Å²) in [5.41, 5.74) is 1.89. The molecular weight excluding hydrogens is 319 g/mol. The van der Waals surface area contributed by atoms with Crippen LogP contribution in [0.3, 0.4) is 0 Å². The average molecular weight is 331 g/mol. The highest BCUT2D eigenvalue weighted by atomic mass is 35.5. The first-order chi connectivity index (χ1) is 11.0. The molecular formula is C17H12ClFN2O2. The van der Waals surface area contributed by atoms with E-state index in [-0.39, 0.29) is 10.7 Å². The predicted octanol–water partition coefficient (Wildman–Crippen LogP) is 3.57. The Balaban J connectivity index is 1.90. The number of hydrogen-bond donors (Lipinski definition) is 1. The zero-order valence-electron chi connectivity index (χ0n) is 12.1. The van der Waals surface area contributed by atoms with Gasteiger partial charge in [-0.3, -0.25) is 9.59 Å². The lowest BCUT2D eigenvalue weighted by Crippen LogP contribution is -2.32. The highest BCUT2D eigenvalue weighted by Gasteiger charge is 2.38. The molecule has 0 aromatic heterocycles. The van der Waals surface area contributed by atoms with Crippen molar-refractivity contribution >= 4 is 34.8 Å². The quantitative estimate of drug-likeness (QED) is 0.875. The van der Waals surface area contributed by atoms with Crippen molar-refractivity contribution in [3.05, 3.63) is 70.6 Å². The van der Waals surface area contributed by atoms with Crippen LogP contribution in [0.5, 0.6) is 0 Å². The van der Waals surface area contributed by atoms with E-state index in [1.165, 1.54) is 24.3 Å². The van der Waals surface area contributed by atoms with Crippen molar-refractivity contribution < 1.29 is 14.0 Å². The van der Waals surface area contributed by atoms with Gasteiger partial charge >= 0.3 is 0 Å². The highest BCUT2D eigenvalue weighted by molar-refractivity contribution is 6.53. The minimum atomic E-state index is -0.592. The summed E-state index contributed by atoms with van der Waals surface area (Å²) in [6.07, 6.45) is 0. The van der Waals surface area contributed by atoms with Crippen molar-refractivity contribution in [3.8, 4) is 0 Å². The Labute approximate surface area is 137 Å². The SMILES string of the molecule is Cc1ccc(N2C(=O)C(Cl)=C(Nc3ccc(F)cc3)C2=O)cc1. The smallest absolute Gasteiger partial charge is 0.283 e. The van der Waals surface area contributed by atoms with Gasteiger partial charge in [-0.15, -0.1) is 0 Å². The van der Waals surface area contributed by atoms with Gasteiger partial charge in [-0.2, -0.15) is 0 Å². The van der Waals surface area contributed by atoms with Crippen LogP contribution in [-0.2, 0) is 9.59 Å². The van der Waals surface area contributed by atoms with E-state index in [1.54, 1.807) is 24.3 Å². The van der Waals surface area contributed by atoms with Crippen LogP contribution in [0.2, 0.25) is 0 Å². The van der Waals surface area contributed by atoms with E-state index >= 15 is 0 Å².